The molecule has 0 radical (unpaired) electrons. The maximum atomic E-state index is 9.22. The zero-order valence-electron chi connectivity index (χ0n) is 11.4. The molecule has 0 saturated carbocycles. The van der Waals surface area contributed by atoms with E-state index in [1.165, 1.54) is 11.1 Å². The predicted octanol–water partition coefficient (Wildman–Crippen LogP) is 2.07. The summed E-state index contributed by atoms with van der Waals surface area (Å²) >= 11 is 0. The minimum atomic E-state index is 0.277. The summed E-state index contributed by atoms with van der Waals surface area (Å²) in [7, 11) is 2.11. The minimum Gasteiger partial charge on any atom is -0.493 e. The van der Waals surface area contributed by atoms with E-state index < -0.39 is 0 Å². The van der Waals surface area contributed by atoms with Gasteiger partial charge in [-0.3, -0.25) is 0 Å². The summed E-state index contributed by atoms with van der Waals surface area (Å²) in [5.74, 6) is 1.43. The normalized spacial score (nSPS) is 15.6. The van der Waals surface area contributed by atoms with Gasteiger partial charge in [0.2, 0.25) is 0 Å². The van der Waals surface area contributed by atoms with Gasteiger partial charge in [-0.25, -0.2) is 0 Å². The van der Waals surface area contributed by atoms with Crippen LogP contribution in [0.1, 0.15) is 24.5 Å². The van der Waals surface area contributed by atoms with Crippen LogP contribution in [0.25, 0.3) is 0 Å². The molecule has 2 rings (SSSR count). The molecule has 0 bridgehead atoms. The Bertz CT molecular complexity index is 388. The average Bonchev–Trinajstić information content (AvgIpc) is 2.83. The summed E-state index contributed by atoms with van der Waals surface area (Å²) in [6.07, 6.45) is 2.06. The van der Waals surface area contributed by atoms with Gasteiger partial charge < -0.3 is 14.7 Å². The SMILES string of the molecule is CCC(CO)CN(C)Cc1ccc2c(c1)CCO2. The van der Waals surface area contributed by atoms with Crippen LogP contribution in [0.3, 0.4) is 0 Å². The standard InChI is InChI=1S/C15H23NO2/c1-3-12(11-17)9-16(2)10-13-4-5-15-14(8-13)6-7-18-15/h4-5,8,12,17H,3,6-7,9-11H2,1-2H3. The van der Waals surface area contributed by atoms with Crippen molar-refractivity contribution in [2.45, 2.75) is 26.3 Å². The highest BCUT2D eigenvalue weighted by atomic mass is 16.5. The molecule has 1 aromatic carbocycles. The van der Waals surface area contributed by atoms with E-state index in [2.05, 4.69) is 37.1 Å². The summed E-state index contributed by atoms with van der Waals surface area (Å²) in [6.45, 7) is 5.10. The van der Waals surface area contributed by atoms with Gasteiger partial charge in [0.1, 0.15) is 5.75 Å². The number of fused-ring (bicyclic) bond motifs is 1. The van der Waals surface area contributed by atoms with Gasteiger partial charge in [0.05, 0.1) is 6.61 Å². The van der Waals surface area contributed by atoms with E-state index in [-0.39, 0.29) is 6.61 Å². The maximum absolute atomic E-state index is 9.22. The largest absolute Gasteiger partial charge is 0.493 e. The highest BCUT2D eigenvalue weighted by Gasteiger charge is 2.13. The van der Waals surface area contributed by atoms with Gasteiger partial charge in [-0.15, -0.1) is 0 Å². The molecule has 0 amide bonds. The number of aliphatic hydroxyl groups excluding tert-OH is 1. The van der Waals surface area contributed by atoms with Gasteiger partial charge in [0.15, 0.2) is 0 Å². The first-order valence-corrected chi connectivity index (χ1v) is 6.77. The van der Waals surface area contributed by atoms with Crippen molar-refractivity contribution in [2.24, 2.45) is 5.92 Å². The lowest BCUT2D eigenvalue weighted by Crippen LogP contribution is -2.27. The number of ether oxygens (including phenoxy) is 1. The lowest BCUT2D eigenvalue weighted by molar-refractivity contribution is 0.173. The van der Waals surface area contributed by atoms with Gasteiger partial charge in [0, 0.05) is 26.1 Å². The van der Waals surface area contributed by atoms with Crippen molar-refractivity contribution in [3.63, 3.8) is 0 Å². The van der Waals surface area contributed by atoms with Gasteiger partial charge in [0.25, 0.3) is 0 Å². The molecule has 1 heterocycles. The highest BCUT2D eigenvalue weighted by molar-refractivity contribution is 5.39. The van der Waals surface area contributed by atoms with Gasteiger partial charge in [-0.05, 0) is 36.6 Å². The molecule has 0 aliphatic carbocycles. The lowest BCUT2D eigenvalue weighted by atomic mass is 10.1. The van der Waals surface area contributed by atoms with Crippen LogP contribution in [0.15, 0.2) is 18.2 Å². The Balaban J connectivity index is 1.92. The van der Waals surface area contributed by atoms with E-state index in [4.69, 9.17) is 4.74 Å². The third-order valence-electron chi connectivity index (χ3n) is 3.61. The fraction of sp³-hybridized carbons (Fsp3) is 0.600. The molecule has 0 fully saturated rings. The van der Waals surface area contributed by atoms with Crippen molar-refractivity contribution in [2.75, 3.05) is 26.8 Å². The van der Waals surface area contributed by atoms with E-state index in [0.29, 0.717) is 5.92 Å². The van der Waals surface area contributed by atoms with Gasteiger partial charge >= 0.3 is 0 Å². The maximum Gasteiger partial charge on any atom is 0.122 e. The number of aliphatic hydroxyl groups is 1. The molecule has 1 N–H and O–H groups in total. The molecule has 3 nitrogen and oxygen atoms in total. The second-order valence-electron chi connectivity index (χ2n) is 5.19. The summed E-state index contributed by atoms with van der Waals surface area (Å²) in [6, 6.07) is 6.47. The van der Waals surface area contributed by atoms with Crippen molar-refractivity contribution in [3.05, 3.63) is 29.3 Å². The van der Waals surface area contributed by atoms with E-state index >= 15 is 0 Å². The summed E-state index contributed by atoms with van der Waals surface area (Å²) in [4.78, 5) is 2.28. The number of rotatable bonds is 6. The molecule has 18 heavy (non-hydrogen) atoms. The minimum absolute atomic E-state index is 0.277. The van der Waals surface area contributed by atoms with Crippen LogP contribution in [0.5, 0.6) is 5.75 Å². The third kappa shape index (κ3) is 3.24. The first kappa shape index (κ1) is 13.4. The summed E-state index contributed by atoms with van der Waals surface area (Å²) in [5.41, 5.74) is 2.66. The Labute approximate surface area is 109 Å². The molecule has 1 aliphatic rings. The van der Waals surface area contributed by atoms with Crippen LogP contribution in [0.4, 0.5) is 0 Å². The Morgan fingerprint density at radius 1 is 1.44 bits per heavy atom. The molecule has 1 aliphatic heterocycles. The first-order chi connectivity index (χ1) is 8.72. The topological polar surface area (TPSA) is 32.7 Å². The van der Waals surface area contributed by atoms with Crippen LogP contribution in [-0.4, -0.2) is 36.8 Å². The molecule has 0 aromatic heterocycles. The van der Waals surface area contributed by atoms with Crippen molar-refractivity contribution in [1.29, 1.82) is 0 Å². The van der Waals surface area contributed by atoms with E-state index in [0.717, 1.165) is 38.3 Å². The number of hydrogen-bond acceptors (Lipinski definition) is 3. The van der Waals surface area contributed by atoms with E-state index in [9.17, 15) is 5.11 Å². The van der Waals surface area contributed by atoms with Gasteiger partial charge in [-0.2, -0.15) is 0 Å². The van der Waals surface area contributed by atoms with Crippen LogP contribution in [0.2, 0.25) is 0 Å². The third-order valence-corrected chi connectivity index (χ3v) is 3.61. The van der Waals surface area contributed by atoms with Gasteiger partial charge in [-0.1, -0.05) is 19.1 Å². The fourth-order valence-electron chi connectivity index (χ4n) is 2.47. The van der Waals surface area contributed by atoms with Crippen LogP contribution >= 0.6 is 0 Å². The Hall–Kier alpha value is -1.06. The second-order valence-corrected chi connectivity index (χ2v) is 5.19. The zero-order chi connectivity index (χ0) is 13.0. The molecule has 3 heteroatoms. The number of hydrogen-bond donors (Lipinski definition) is 1. The number of nitrogens with zero attached hydrogens (tertiary/aromatic N) is 1. The second kappa shape index (κ2) is 6.21. The monoisotopic (exact) mass is 249 g/mol. The first-order valence-electron chi connectivity index (χ1n) is 6.77. The highest BCUT2D eigenvalue weighted by Crippen LogP contribution is 2.26. The van der Waals surface area contributed by atoms with Crippen LogP contribution < -0.4 is 4.74 Å². The lowest BCUT2D eigenvalue weighted by Gasteiger charge is -2.22. The summed E-state index contributed by atoms with van der Waals surface area (Å²) in [5, 5.41) is 9.22. The molecular formula is C15H23NO2. The van der Waals surface area contributed by atoms with Crippen molar-refractivity contribution >= 4 is 0 Å². The quantitative estimate of drug-likeness (QED) is 0.838. The Kier molecular flexibility index (Phi) is 4.61. The van der Waals surface area contributed by atoms with E-state index in [1.807, 2.05) is 0 Å². The molecule has 0 spiro atoms. The Morgan fingerprint density at radius 2 is 2.28 bits per heavy atom. The molecule has 1 unspecified atom stereocenters. The molecule has 0 saturated heterocycles. The molecule has 1 atom stereocenters. The van der Waals surface area contributed by atoms with Crippen molar-refractivity contribution in [3.8, 4) is 5.75 Å². The Morgan fingerprint density at radius 3 is 3.00 bits per heavy atom. The molecule has 1 aromatic rings. The zero-order valence-corrected chi connectivity index (χ0v) is 11.4. The number of benzene rings is 1. The predicted molar refractivity (Wildman–Crippen MR) is 72.8 cm³/mol. The van der Waals surface area contributed by atoms with Crippen molar-refractivity contribution in [1.82, 2.24) is 4.90 Å². The molecular weight excluding hydrogens is 226 g/mol. The molecule has 100 valence electrons. The smallest absolute Gasteiger partial charge is 0.122 e. The van der Waals surface area contributed by atoms with E-state index in [1.54, 1.807) is 0 Å². The average molecular weight is 249 g/mol. The van der Waals surface area contributed by atoms with Crippen LogP contribution in [0, 0.1) is 5.92 Å². The van der Waals surface area contributed by atoms with Crippen molar-refractivity contribution < 1.29 is 9.84 Å². The summed E-state index contributed by atoms with van der Waals surface area (Å²) < 4.78 is 5.51. The fourth-order valence-corrected chi connectivity index (χ4v) is 2.47. The van der Waals surface area contributed by atoms with Crippen LogP contribution in [-0.2, 0) is 13.0 Å².